The van der Waals surface area contributed by atoms with Crippen LogP contribution in [0.5, 0.6) is 5.75 Å². The lowest BCUT2D eigenvalue weighted by Crippen LogP contribution is -2.36. The van der Waals surface area contributed by atoms with Crippen LogP contribution in [0.1, 0.15) is 47.6 Å². The first kappa shape index (κ1) is 31.7. The summed E-state index contributed by atoms with van der Waals surface area (Å²) in [6.45, 7) is 3.30. The summed E-state index contributed by atoms with van der Waals surface area (Å²) >= 11 is 5.63. The molecule has 0 radical (unpaired) electrons. The quantitative estimate of drug-likeness (QED) is 0.375. The highest BCUT2D eigenvalue weighted by molar-refractivity contribution is 6.30. The molecule has 1 aliphatic heterocycles. The first-order valence-corrected chi connectivity index (χ1v) is 13.5. The summed E-state index contributed by atoms with van der Waals surface area (Å²) in [4.78, 5) is 43.2. The second-order valence-electron chi connectivity index (χ2n) is 9.65. The largest absolute Gasteiger partial charge is 0.497 e. The molecule has 4 rings (SSSR count). The van der Waals surface area contributed by atoms with Crippen molar-refractivity contribution in [2.75, 3.05) is 45.7 Å². The smallest absolute Gasteiger partial charge is 0.277 e. The molecule has 41 heavy (non-hydrogen) atoms. The van der Waals surface area contributed by atoms with Gasteiger partial charge in [-0.1, -0.05) is 18.5 Å². The topological polar surface area (TPSA) is 96.8 Å². The van der Waals surface area contributed by atoms with E-state index in [4.69, 9.17) is 16.3 Å². The van der Waals surface area contributed by atoms with Crippen molar-refractivity contribution < 1.29 is 23.1 Å². The summed E-state index contributed by atoms with van der Waals surface area (Å²) in [5.41, 5.74) is 0.237. The van der Waals surface area contributed by atoms with Crippen LogP contribution in [0.2, 0.25) is 5.02 Å². The zero-order valence-corrected chi connectivity index (χ0v) is 24.2. The highest BCUT2D eigenvalue weighted by Gasteiger charge is 2.27. The summed E-state index contributed by atoms with van der Waals surface area (Å²) in [7, 11) is 4.90. The number of amides is 2. The highest BCUT2D eigenvalue weighted by atomic mass is 35.5. The van der Waals surface area contributed by atoms with E-state index in [1.165, 1.54) is 29.1 Å². The normalized spacial score (nSPS) is 15.4. The lowest BCUT2D eigenvalue weighted by atomic mass is 9.94. The highest BCUT2D eigenvalue weighted by Crippen LogP contribution is 2.30. The number of likely N-dealkylation sites (tertiary alicyclic amines) is 1. The Morgan fingerprint density at radius 2 is 1.93 bits per heavy atom. The van der Waals surface area contributed by atoms with Crippen molar-refractivity contribution in [3.63, 3.8) is 0 Å². The number of ether oxygens (including phenoxy) is 1. The molecule has 2 atom stereocenters. The van der Waals surface area contributed by atoms with Gasteiger partial charge in [0.2, 0.25) is 6.41 Å². The third-order valence-electron chi connectivity index (χ3n) is 6.98. The van der Waals surface area contributed by atoms with Gasteiger partial charge in [-0.3, -0.25) is 19.0 Å². The Morgan fingerprint density at radius 3 is 2.44 bits per heavy atom. The van der Waals surface area contributed by atoms with Gasteiger partial charge in [-0.2, -0.15) is 0 Å². The van der Waals surface area contributed by atoms with E-state index in [2.05, 4.69) is 15.2 Å². The number of benzene rings is 2. The van der Waals surface area contributed by atoms with Crippen molar-refractivity contribution in [2.45, 2.75) is 31.7 Å². The molecule has 2 unspecified atom stereocenters. The first-order chi connectivity index (χ1) is 19.6. The van der Waals surface area contributed by atoms with Crippen LogP contribution in [-0.4, -0.2) is 67.6 Å². The van der Waals surface area contributed by atoms with Gasteiger partial charge in [0.25, 0.3) is 11.5 Å². The van der Waals surface area contributed by atoms with E-state index >= 15 is 0 Å². The molecule has 12 heteroatoms. The maximum absolute atomic E-state index is 14.6. The van der Waals surface area contributed by atoms with E-state index < -0.39 is 17.6 Å². The average Bonchev–Trinajstić information content (AvgIpc) is 3.40. The zero-order chi connectivity index (χ0) is 30.1. The maximum Gasteiger partial charge on any atom is 0.277 e. The van der Waals surface area contributed by atoms with Crippen LogP contribution in [0.3, 0.4) is 0 Å². The second kappa shape index (κ2) is 14.7. The summed E-state index contributed by atoms with van der Waals surface area (Å²) < 4.78 is 35.6. The van der Waals surface area contributed by atoms with Gasteiger partial charge in [0.05, 0.1) is 25.7 Å². The summed E-state index contributed by atoms with van der Waals surface area (Å²) in [5, 5.41) is 3.16. The molecule has 2 amide bonds. The van der Waals surface area contributed by atoms with Gasteiger partial charge in [0.1, 0.15) is 23.1 Å². The minimum Gasteiger partial charge on any atom is -0.497 e. The number of rotatable bonds is 9. The van der Waals surface area contributed by atoms with Crippen molar-refractivity contribution in [3.05, 3.63) is 87.1 Å². The standard InChI is InChI=1S/C21H26F2N4O3.C8H8ClNO/c1-4-14(20-17(22)7-16(30-3)8-18(20)23)10-26(13-28)19-9-24-12-27(21(19)29)15-5-6-25(2)11-15;1-10-8(11)6-2-4-7(9)5-3-6/h7-9,12-15H,4-6,10-11H2,1-3H3;2-5H,1H3,(H,10,11). The Morgan fingerprint density at radius 1 is 1.27 bits per heavy atom. The van der Waals surface area contributed by atoms with Gasteiger partial charge in [0.15, 0.2) is 0 Å². The summed E-state index contributed by atoms with van der Waals surface area (Å²) in [6.07, 6.45) is 4.47. The van der Waals surface area contributed by atoms with Crippen molar-refractivity contribution in [2.24, 2.45) is 0 Å². The number of hydrogen-bond acceptors (Lipinski definition) is 6. The molecule has 3 aromatic rings. The number of carbonyl (C=O) groups excluding carboxylic acids is 2. The molecule has 2 heterocycles. The van der Waals surface area contributed by atoms with Crippen LogP contribution in [0, 0.1) is 11.6 Å². The van der Waals surface area contributed by atoms with Crippen molar-refractivity contribution in [1.82, 2.24) is 19.8 Å². The number of halogens is 3. The molecule has 220 valence electrons. The van der Waals surface area contributed by atoms with E-state index in [0.29, 0.717) is 30.0 Å². The lowest BCUT2D eigenvalue weighted by Gasteiger charge is -2.25. The Bertz CT molecular complexity index is 1380. The van der Waals surface area contributed by atoms with Crippen LogP contribution in [0.25, 0.3) is 0 Å². The van der Waals surface area contributed by atoms with E-state index in [9.17, 15) is 23.2 Å². The predicted molar refractivity (Wildman–Crippen MR) is 154 cm³/mol. The number of methoxy groups -OCH3 is 1. The van der Waals surface area contributed by atoms with Crippen LogP contribution in [0.4, 0.5) is 14.5 Å². The van der Waals surface area contributed by atoms with Crippen LogP contribution < -0.4 is 20.5 Å². The maximum atomic E-state index is 14.6. The molecule has 2 aromatic carbocycles. The zero-order valence-electron chi connectivity index (χ0n) is 23.4. The third-order valence-corrected chi connectivity index (χ3v) is 7.23. The monoisotopic (exact) mass is 589 g/mol. The average molecular weight is 590 g/mol. The lowest BCUT2D eigenvalue weighted by molar-refractivity contribution is -0.107. The van der Waals surface area contributed by atoms with Gasteiger partial charge in [-0.15, -0.1) is 0 Å². The van der Waals surface area contributed by atoms with Crippen LogP contribution in [0.15, 0.2) is 53.7 Å². The van der Waals surface area contributed by atoms with Crippen molar-refractivity contribution >= 4 is 29.6 Å². The molecular weight excluding hydrogens is 556 g/mol. The van der Waals surface area contributed by atoms with Crippen LogP contribution >= 0.6 is 11.6 Å². The Hall–Kier alpha value is -3.83. The first-order valence-electron chi connectivity index (χ1n) is 13.1. The van der Waals surface area contributed by atoms with Crippen LogP contribution in [-0.2, 0) is 4.79 Å². The van der Waals surface area contributed by atoms with Gasteiger partial charge in [0, 0.05) is 54.3 Å². The number of carbonyl (C=O) groups is 2. The minimum absolute atomic E-state index is 0.0260. The summed E-state index contributed by atoms with van der Waals surface area (Å²) in [5.74, 6) is -2.16. The molecule has 0 aliphatic carbocycles. The molecular formula is C29H34ClF2N5O4. The van der Waals surface area contributed by atoms with Gasteiger partial charge in [-0.25, -0.2) is 13.8 Å². The number of hydrogen-bond donors (Lipinski definition) is 1. The second-order valence-corrected chi connectivity index (χ2v) is 10.1. The third kappa shape index (κ3) is 7.89. The minimum atomic E-state index is -0.748. The van der Waals surface area contributed by atoms with Crippen molar-refractivity contribution in [3.8, 4) is 5.75 Å². The number of likely N-dealkylation sites (N-methyl/N-ethyl adjacent to an activating group) is 1. The summed E-state index contributed by atoms with van der Waals surface area (Å²) in [6, 6.07) is 8.93. The van der Waals surface area contributed by atoms with Gasteiger partial charge in [-0.05, 0) is 50.7 Å². The van der Waals surface area contributed by atoms with E-state index in [1.54, 1.807) is 38.2 Å². The number of anilines is 1. The molecule has 1 aromatic heterocycles. The van der Waals surface area contributed by atoms with Gasteiger partial charge < -0.3 is 19.9 Å². The predicted octanol–water partition coefficient (Wildman–Crippen LogP) is 4.26. The fourth-order valence-electron chi connectivity index (χ4n) is 4.69. The van der Waals surface area contributed by atoms with E-state index in [0.717, 1.165) is 25.1 Å². The molecule has 0 saturated carbocycles. The number of nitrogens with zero attached hydrogens (tertiary/aromatic N) is 4. The van der Waals surface area contributed by atoms with Crippen molar-refractivity contribution in [1.29, 1.82) is 0 Å². The Kier molecular flexibility index (Phi) is 11.4. The molecule has 1 aliphatic rings. The van der Waals surface area contributed by atoms with E-state index in [-0.39, 0.29) is 41.1 Å². The van der Waals surface area contributed by atoms with Gasteiger partial charge >= 0.3 is 0 Å². The Labute approximate surface area is 242 Å². The molecule has 9 nitrogen and oxygen atoms in total. The van der Waals surface area contributed by atoms with E-state index in [1.807, 2.05) is 7.05 Å². The Balaban J connectivity index is 0.000000352. The molecule has 1 N–H and O–H groups in total. The molecule has 0 spiro atoms. The SMILES string of the molecule is CCC(CN(C=O)c1cncn(C2CCN(C)C2)c1=O)c1c(F)cc(OC)cc1F.CNC(=O)c1ccc(Cl)cc1. The fourth-order valence-corrected chi connectivity index (χ4v) is 4.81. The molecule has 0 bridgehead atoms. The molecule has 1 saturated heterocycles. The molecule has 1 fully saturated rings. The number of aromatic nitrogens is 2. The number of nitrogens with one attached hydrogen (secondary N) is 1. The fraction of sp³-hybridized carbons (Fsp3) is 0.379.